The molecule has 1 aromatic heterocycles. The summed E-state index contributed by atoms with van der Waals surface area (Å²) >= 11 is 0. The molecule has 0 unspecified atom stereocenters. The Labute approximate surface area is 121 Å². The summed E-state index contributed by atoms with van der Waals surface area (Å²) in [5.41, 5.74) is 0. The molecule has 0 radical (unpaired) electrons. The van der Waals surface area contributed by atoms with Crippen LogP contribution >= 0.6 is 0 Å². The van der Waals surface area contributed by atoms with E-state index < -0.39 is 0 Å². The molecule has 1 aromatic rings. The number of carbonyl (C=O) groups is 2. The molecule has 0 spiro atoms. The highest BCUT2D eigenvalue weighted by atomic mass is 16.2. The van der Waals surface area contributed by atoms with Crippen molar-refractivity contribution in [1.82, 2.24) is 20.3 Å². The number of imide groups is 1. The minimum Gasteiger partial charge on any atom is -0.357 e. The van der Waals surface area contributed by atoms with E-state index in [-0.39, 0.29) is 24.9 Å². The molecule has 9 nitrogen and oxygen atoms in total. The summed E-state index contributed by atoms with van der Waals surface area (Å²) in [4.78, 5) is 39.6. The van der Waals surface area contributed by atoms with Crippen LogP contribution in [0.1, 0.15) is 12.8 Å². The molecule has 21 heavy (non-hydrogen) atoms. The second-order valence-corrected chi connectivity index (χ2v) is 5.03. The number of piperazine rings is 1. The predicted molar refractivity (Wildman–Crippen MR) is 76.2 cm³/mol. The van der Waals surface area contributed by atoms with Gasteiger partial charge in [-0.15, -0.1) is 0 Å². The van der Waals surface area contributed by atoms with Crippen molar-refractivity contribution in [3.05, 3.63) is 0 Å². The van der Waals surface area contributed by atoms with E-state index in [0.717, 1.165) is 25.9 Å². The molecule has 2 fully saturated rings. The van der Waals surface area contributed by atoms with Gasteiger partial charge in [0.15, 0.2) is 0 Å². The second-order valence-electron chi connectivity index (χ2n) is 5.03. The minimum atomic E-state index is -0.347. The van der Waals surface area contributed by atoms with Crippen LogP contribution in [0, 0.1) is 0 Å². The van der Waals surface area contributed by atoms with Crippen LogP contribution in [0.4, 0.5) is 17.8 Å². The average molecular weight is 291 g/mol. The van der Waals surface area contributed by atoms with Crippen LogP contribution in [0.25, 0.3) is 0 Å². The van der Waals surface area contributed by atoms with Gasteiger partial charge in [-0.1, -0.05) is 0 Å². The summed E-state index contributed by atoms with van der Waals surface area (Å²) in [6.07, 6.45) is 2.22. The molecule has 2 amide bonds. The Kier molecular flexibility index (Phi) is 3.55. The van der Waals surface area contributed by atoms with E-state index in [2.05, 4.69) is 30.5 Å². The highest BCUT2D eigenvalue weighted by Crippen LogP contribution is 2.20. The van der Waals surface area contributed by atoms with Gasteiger partial charge in [0.25, 0.3) is 0 Å². The van der Waals surface area contributed by atoms with Crippen molar-refractivity contribution in [2.24, 2.45) is 0 Å². The van der Waals surface area contributed by atoms with Gasteiger partial charge in [0.2, 0.25) is 29.7 Å². The molecule has 3 rings (SSSR count). The van der Waals surface area contributed by atoms with Gasteiger partial charge in [0.05, 0.1) is 0 Å². The third-order valence-corrected chi connectivity index (χ3v) is 3.45. The SMILES string of the molecule is CNc1nc(N2CCCC2)nc(N2CC(=O)NC(=O)C2)n1. The molecule has 2 aliphatic rings. The number of nitrogens with one attached hydrogen (secondary N) is 2. The van der Waals surface area contributed by atoms with Crippen molar-refractivity contribution in [3.8, 4) is 0 Å². The standard InChI is InChI=1S/C12H17N7O2/c1-13-10-15-11(18-4-2-3-5-18)17-12(16-10)19-6-8(20)14-9(21)7-19/h2-7H2,1H3,(H,14,20,21)(H,13,15,16,17). The quantitative estimate of drug-likeness (QED) is 0.682. The monoisotopic (exact) mass is 291 g/mol. The molecule has 0 atom stereocenters. The molecule has 2 N–H and O–H groups in total. The minimum absolute atomic E-state index is 0.0678. The van der Waals surface area contributed by atoms with Gasteiger partial charge < -0.3 is 15.1 Å². The van der Waals surface area contributed by atoms with Crippen LogP contribution in [0.2, 0.25) is 0 Å². The first kappa shape index (κ1) is 13.5. The van der Waals surface area contributed by atoms with Crippen LogP contribution in [0.5, 0.6) is 0 Å². The van der Waals surface area contributed by atoms with Gasteiger partial charge in [0.1, 0.15) is 13.1 Å². The first-order chi connectivity index (χ1) is 10.2. The zero-order valence-corrected chi connectivity index (χ0v) is 11.8. The summed E-state index contributed by atoms with van der Waals surface area (Å²) in [7, 11) is 1.72. The van der Waals surface area contributed by atoms with E-state index in [0.29, 0.717) is 17.8 Å². The lowest BCUT2D eigenvalue weighted by Gasteiger charge is -2.26. The normalized spacial score (nSPS) is 18.9. The van der Waals surface area contributed by atoms with E-state index in [1.165, 1.54) is 0 Å². The Hall–Kier alpha value is -2.45. The first-order valence-corrected chi connectivity index (χ1v) is 6.92. The van der Waals surface area contributed by atoms with Crippen LogP contribution in [-0.4, -0.2) is 60.0 Å². The Morgan fingerprint density at radius 1 is 0.952 bits per heavy atom. The number of anilines is 3. The van der Waals surface area contributed by atoms with Gasteiger partial charge in [-0.05, 0) is 12.8 Å². The topological polar surface area (TPSA) is 103 Å². The predicted octanol–water partition coefficient (Wildman–Crippen LogP) is -1.02. The number of hydrogen-bond acceptors (Lipinski definition) is 8. The van der Waals surface area contributed by atoms with Crippen LogP contribution in [0.15, 0.2) is 0 Å². The molecule has 2 saturated heterocycles. The summed E-state index contributed by atoms with van der Waals surface area (Å²) in [5.74, 6) is 0.667. The molecule has 0 bridgehead atoms. The maximum Gasteiger partial charge on any atom is 0.246 e. The molecular formula is C12H17N7O2. The number of hydrogen-bond donors (Lipinski definition) is 2. The lowest BCUT2D eigenvalue weighted by atomic mass is 10.3. The van der Waals surface area contributed by atoms with Gasteiger partial charge in [-0.25, -0.2) is 0 Å². The third kappa shape index (κ3) is 2.86. The zero-order chi connectivity index (χ0) is 14.8. The molecule has 0 saturated carbocycles. The lowest BCUT2D eigenvalue weighted by Crippen LogP contribution is -2.52. The largest absolute Gasteiger partial charge is 0.357 e. The van der Waals surface area contributed by atoms with Crippen molar-refractivity contribution in [2.75, 3.05) is 48.3 Å². The highest BCUT2D eigenvalue weighted by molar-refractivity contribution is 6.02. The van der Waals surface area contributed by atoms with E-state index in [1.54, 1.807) is 11.9 Å². The van der Waals surface area contributed by atoms with Crippen LogP contribution < -0.4 is 20.4 Å². The Morgan fingerprint density at radius 3 is 2.10 bits per heavy atom. The molecule has 9 heteroatoms. The van der Waals surface area contributed by atoms with Crippen molar-refractivity contribution in [3.63, 3.8) is 0 Å². The number of nitrogens with zero attached hydrogens (tertiary/aromatic N) is 5. The Bertz CT molecular complexity index is 555. The smallest absolute Gasteiger partial charge is 0.246 e. The second kappa shape index (κ2) is 5.51. The lowest BCUT2D eigenvalue weighted by molar-refractivity contribution is -0.130. The van der Waals surface area contributed by atoms with Crippen LogP contribution in [0.3, 0.4) is 0 Å². The maximum atomic E-state index is 11.5. The fourth-order valence-electron chi connectivity index (χ4n) is 2.44. The zero-order valence-electron chi connectivity index (χ0n) is 11.8. The average Bonchev–Trinajstić information content (AvgIpc) is 3.00. The van der Waals surface area contributed by atoms with E-state index in [1.807, 2.05) is 0 Å². The summed E-state index contributed by atoms with van der Waals surface area (Å²) < 4.78 is 0. The van der Waals surface area contributed by atoms with Crippen molar-refractivity contribution in [2.45, 2.75) is 12.8 Å². The molecule has 112 valence electrons. The summed E-state index contributed by atoms with van der Waals surface area (Å²) in [6.45, 7) is 1.95. The number of carbonyl (C=O) groups excluding carboxylic acids is 2. The van der Waals surface area contributed by atoms with Crippen molar-refractivity contribution < 1.29 is 9.59 Å². The molecule has 0 aromatic carbocycles. The Morgan fingerprint density at radius 2 is 1.52 bits per heavy atom. The number of amides is 2. The number of aromatic nitrogens is 3. The molecular weight excluding hydrogens is 274 g/mol. The summed E-state index contributed by atoms with van der Waals surface area (Å²) in [5, 5.41) is 5.15. The summed E-state index contributed by atoms with van der Waals surface area (Å²) in [6, 6.07) is 0. The highest BCUT2D eigenvalue weighted by Gasteiger charge is 2.26. The van der Waals surface area contributed by atoms with Gasteiger partial charge in [0, 0.05) is 20.1 Å². The van der Waals surface area contributed by atoms with Crippen molar-refractivity contribution in [1.29, 1.82) is 0 Å². The van der Waals surface area contributed by atoms with E-state index in [9.17, 15) is 9.59 Å². The third-order valence-electron chi connectivity index (χ3n) is 3.45. The first-order valence-electron chi connectivity index (χ1n) is 6.92. The van der Waals surface area contributed by atoms with Gasteiger partial charge in [-0.3, -0.25) is 14.9 Å². The maximum absolute atomic E-state index is 11.5. The van der Waals surface area contributed by atoms with Crippen LogP contribution in [-0.2, 0) is 9.59 Å². The number of rotatable bonds is 3. The molecule has 0 aliphatic carbocycles. The van der Waals surface area contributed by atoms with E-state index in [4.69, 9.17) is 0 Å². The molecule has 2 aliphatic heterocycles. The van der Waals surface area contributed by atoms with E-state index >= 15 is 0 Å². The van der Waals surface area contributed by atoms with Crippen molar-refractivity contribution >= 4 is 29.7 Å². The van der Waals surface area contributed by atoms with Gasteiger partial charge >= 0.3 is 0 Å². The Balaban J connectivity index is 1.91. The fraction of sp³-hybridized carbons (Fsp3) is 0.583. The van der Waals surface area contributed by atoms with Gasteiger partial charge in [-0.2, -0.15) is 15.0 Å². The fourth-order valence-corrected chi connectivity index (χ4v) is 2.44. The molecule has 3 heterocycles.